The van der Waals surface area contributed by atoms with Crippen molar-refractivity contribution in [2.45, 2.75) is 32.5 Å². The molecule has 1 rings (SSSR count). The summed E-state index contributed by atoms with van der Waals surface area (Å²) in [6.07, 6.45) is -5.09. The van der Waals surface area contributed by atoms with E-state index in [1.54, 1.807) is 20.8 Å². The molecule has 1 amide bonds. The number of halogens is 4. The van der Waals surface area contributed by atoms with Crippen LogP contribution in [0.2, 0.25) is 0 Å². The first-order valence-corrected chi connectivity index (χ1v) is 8.27. The summed E-state index contributed by atoms with van der Waals surface area (Å²) in [6, 6.07) is 3.05. The van der Waals surface area contributed by atoms with E-state index < -0.39 is 23.4 Å². The van der Waals surface area contributed by atoms with Gasteiger partial charge in [-0.1, -0.05) is 0 Å². The van der Waals surface area contributed by atoms with Gasteiger partial charge in [0.2, 0.25) is 0 Å². The van der Waals surface area contributed by atoms with Gasteiger partial charge in [0, 0.05) is 13.1 Å². The fourth-order valence-electron chi connectivity index (χ4n) is 1.81. The molecule has 1 aromatic rings. The molecule has 0 bridgehead atoms. The number of amidine groups is 1. The third kappa shape index (κ3) is 7.81. The summed E-state index contributed by atoms with van der Waals surface area (Å²) in [5, 5.41) is 5.43. The normalized spacial score (nSPS) is 12.7. The highest BCUT2D eigenvalue weighted by Gasteiger charge is 2.31. The van der Waals surface area contributed by atoms with E-state index in [-0.39, 0.29) is 30.5 Å². The molecule has 0 aliphatic carbocycles. The number of benzene rings is 1. The summed E-state index contributed by atoms with van der Waals surface area (Å²) in [5.74, 6) is -0.128. The third-order valence-corrected chi connectivity index (χ3v) is 3.11. The number of rotatable bonds is 6. The van der Waals surface area contributed by atoms with Crippen LogP contribution in [0.25, 0.3) is 0 Å². The summed E-state index contributed by atoms with van der Waals surface area (Å²) < 4.78 is 43.7. The fraction of sp³-hybridized carbons (Fsp3) is 0.500. The number of anilines is 1. The van der Waals surface area contributed by atoms with Gasteiger partial charge in [-0.15, -0.1) is 11.6 Å². The number of carbonyl (C=O) groups is 1. The van der Waals surface area contributed by atoms with E-state index in [0.29, 0.717) is 5.69 Å². The van der Waals surface area contributed by atoms with Gasteiger partial charge in [-0.05, 0) is 39.0 Å². The van der Waals surface area contributed by atoms with Gasteiger partial charge >= 0.3 is 12.3 Å². The number of carbonyl (C=O) groups excluding carboxylic acids is 1. The molecular weight excluding hydrogens is 373 g/mol. The standard InChI is InChI=1S/C16H22ClF3N4O2/c1-15(2,3)26-14(25)23-7-6-22-11-5-4-10(16(18,19)20)8-12(11)24-13(21)9-17/h4-5,8,22H,6-7,9H2,1-3H3,(H2,21,24)(H,23,25). The van der Waals surface area contributed by atoms with Crippen molar-refractivity contribution in [3.8, 4) is 0 Å². The van der Waals surface area contributed by atoms with Crippen molar-refractivity contribution in [2.75, 3.05) is 24.3 Å². The third-order valence-electron chi connectivity index (χ3n) is 2.83. The average molecular weight is 395 g/mol. The van der Waals surface area contributed by atoms with Crippen LogP contribution in [0.1, 0.15) is 26.3 Å². The predicted octanol–water partition coefficient (Wildman–Crippen LogP) is 3.87. The first-order valence-electron chi connectivity index (χ1n) is 7.73. The Morgan fingerprint density at radius 1 is 1.27 bits per heavy atom. The smallest absolute Gasteiger partial charge is 0.416 e. The van der Waals surface area contributed by atoms with Crippen LogP contribution in [-0.2, 0) is 10.9 Å². The lowest BCUT2D eigenvalue weighted by Gasteiger charge is -2.20. The topological polar surface area (TPSA) is 88.7 Å². The van der Waals surface area contributed by atoms with E-state index in [1.165, 1.54) is 6.07 Å². The van der Waals surface area contributed by atoms with Crippen LogP contribution in [0.4, 0.5) is 29.3 Å². The van der Waals surface area contributed by atoms with Crippen LogP contribution >= 0.6 is 11.6 Å². The number of nitrogens with zero attached hydrogens (tertiary/aromatic N) is 1. The van der Waals surface area contributed by atoms with Crippen molar-refractivity contribution in [1.29, 1.82) is 0 Å². The van der Waals surface area contributed by atoms with E-state index in [1.807, 2.05) is 0 Å². The van der Waals surface area contributed by atoms with Crippen LogP contribution in [0, 0.1) is 0 Å². The molecule has 0 aromatic heterocycles. The van der Waals surface area contributed by atoms with Crippen molar-refractivity contribution in [3.05, 3.63) is 23.8 Å². The van der Waals surface area contributed by atoms with E-state index in [9.17, 15) is 18.0 Å². The molecule has 10 heteroatoms. The fourth-order valence-corrected chi connectivity index (χ4v) is 1.87. The molecule has 0 aliphatic rings. The Balaban J connectivity index is 2.78. The van der Waals surface area contributed by atoms with Gasteiger partial charge in [0.15, 0.2) is 0 Å². The molecule has 26 heavy (non-hydrogen) atoms. The molecule has 0 radical (unpaired) electrons. The molecule has 0 unspecified atom stereocenters. The van der Waals surface area contributed by atoms with Crippen LogP contribution in [0.3, 0.4) is 0 Å². The summed E-state index contributed by atoms with van der Waals surface area (Å²) in [5.41, 5.74) is 4.39. The molecule has 0 aliphatic heterocycles. The number of alkyl carbamates (subject to hydrolysis) is 1. The Morgan fingerprint density at radius 3 is 2.46 bits per heavy atom. The number of nitrogens with two attached hydrogens (primary N) is 1. The Kier molecular flexibility index (Phi) is 7.55. The number of nitrogens with one attached hydrogen (secondary N) is 2. The quantitative estimate of drug-likeness (QED) is 0.296. The summed E-state index contributed by atoms with van der Waals surface area (Å²) in [7, 11) is 0. The molecular formula is C16H22ClF3N4O2. The molecule has 4 N–H and O–H groups in total. The zero-order valence-electron chi connectivity index (χ0n) is 14.7. The lowest BCUT2D eigenvalue weighted by molar-refractivity contribution is -0.137. The van der Waals surface area contributed by atoms with Gasteiger partial charge in [-0.3, -0.25) is 0 Å². The minimum atomic E-state index is -4.50. The van der Waals surface area contributed by atoms with Crippen LogP contribution in [0.5, 0.6) is 0 Å². The number of alkyl halides is 4. The molecule has 146 valence electrons. The van der Waals surface area contributed by atoms with Crippen LogP contribution in [0.15, 0.2) is 23.2 Å². The predicted molar refractivity (Wildman–Crippen MR) is 96.2 cm³/mol. The monoisotopic (exact) mass is 394 g/mol. The highest BCUT2D eigenvalue weighted by Crippen LogP contribution is 2.35. The van der Waals surface area contributed by atoms with Crippen molar-refractivity contribution < 1.29 is 22.7 Å². The van der Waals surface area contributed by atoms with Crippen molar-refractivity contribution in [2.24, 2.45) is 10.7 Å². The molecule has 0 spiro atoms. The Morgan fingerprint density at radius 2 is 1.92 bits per heavy atom. The van der Waals surface area contributed by atoms with Crippen LogP contribution < -0.4 is 16.4 Å². The zero-order chi connectivity index (χ0) is 20.0. The maximum absolute atomic E-state index is 12.9. The van der Waals surface area contributed by atoms with Crippen molar-refractivity contribution in [3.63, 3.8) is 0 Å². The second-order valence-electron chi connectivity index (χ2n) is 6.32. The van der Waals surface area contributed by atoms with E-state index in [4.69, 9.17) is 22.1 Å². The van der Waals surface area contributed by atoms with Crippen molar-refractivity contribution in [1.82, 2.24) is 5.32 Å². The maximum atomic E-state index is 12.9. The van der Waals surface area contributed by atoms with E-state index >= 15 is 0 Å². The second-order valence-corrected chi connectivity index (χ2v) is 6.59. The first kappa shape index (κ1) is 21.9. The van der Waals surface area contributed by atoms with Gasteiger partial charge in [-0.25, -0.2) is 9.79 Å². The van der Waals surface area contributed by atoms with Gasteiger partial charge in [-0.2, -0.15) is 13.2 Å². The largest absolute Gasteiger partial charge is 0.444 e. The molecule has 0 atom stereocenters. The zero-order valence-corrected chi connectivity index (χ0v) is 15.5. The van der Waals surface area contributed by atoms with Crippen LogP contribution in [-0.4, -0.2) is 36.5 Å². The van der Waals surface area contributed by atoms with Gasteiger partial charge in [0.05, 0.1) is 22.8 Å². The lowest BCUT2D eigenvalue weighted by Crippen LogP contribution is -2.35. The Hall–Kier alpha value is -2.16. The number of hydrogen-bond acceptors (Lipinski definition) is 4. The summed E-state index contributed by atoms with van der Waals surface area (Å²) in [6.45, 7) is 5.65. The SMILES string of the molecule is CC(C)(C)OC(=O)NCCNc1ccc(C(F)(F)F)cc1N=C(N)CCl. The highest BCUT2D eigenvalue weighted by molar-refractivity contribution is 6.28. The molecule has 6 nitrogen and oxygen atoms in total. The minimum Gasteiger partial charge on any atom is -0.444 e. The molecule has 1 aromatic carbocycles. The molecule has 0 heterocycles. The highest BCUT2D eigenvalue weighted by atomic mass is 35.5. The van der Waals surface area contributed by atoms with Gasteiger partial charge in [0.1, 0.15) is 11.4 Å². The molecule has 0 fully saturated rings. The van der Waals surface area contributed by atoms with Gasteiger partial charge < -0.3 is 21.1 Å². The number of amides is 1. The van der Waals surface area contributed by atoms with E-state index in [0.717, 1.165) is 12.1 Å². The summed E-state index contributed by atoms with van der Waals surface area (Å²) >= 11 is 5.54. The lowest BCUT2D eigenvalue weighted by atomic mass is 10.1. The molecule has 0 saturated heterocycles. The Bertz CT molecular complexity index is 658. The number of ether oxygens (including phenoxy) is 1. The average Bonchev–Trinajstić information content (AvgIpc) is 2.49. The minimum absolute atomic E-state index is 0.00948. The second kappa shape index (κ2) is 8.98. The summed E-state index contributed by atoms with van der Waals surface area (Å²) in [4.78, 5) is 15.4. The van der Waals surface area contributed by atoms with Gasteiger partial charge in [0.25, 0.3) is 0 Å². The molecule has 0 saturated carbocycles. The number of hydrogen-bond donors (Lipinski definition) is 3. The Labute approximate surface area is 154 Å². The number of aliphatic imine (C=N–C) groups is 1. The van der Waals surface area contributed by atoms with Crippen molar-refractivity contribution >= 4 is 34.9 Å². The maximum Gasteiger partial charge on any atom is 0.416 e. The van der Waals surface area contributed by atoms with E-state index in [2.05, 4.69) is 15.6 Å². The first-order chi connectivity index (χ1) is 11.9.